The smallest absolute Gasteiger partial charge is 0.309 e. The molecule has 0 aromatic rings. The number of hydrogen-bond donors (Lipinski definition) is 12. The molecule has 4 aliphatic heterocycles. The molecule has 0 radical (unpaired) electrons. The van der Waals surface area contributed by atoms with Crippen LogP contribution in [0.4, 0.5) is 0 Å². The fourth-order valence-electron chi connectivity index (χ4n) is 22.7. The lowest BCUT2D eigenvalue weighted by atomic mass is 9.84. The predicted octanol–water partition coefficient (Wildman–Crippen LogP) is 20.9. The third-order valence-corrected chi connectivity index (χ3v) is 35.5. The first-order chi connectivity index (χ1) is 69.3. The van der Waals surface area contributed by atoms with Crippen LogP contribution in [0.15, 0.2) is 144 Å². The van der Waals surface area contributed by atoms with Gasteiger partial charge in [-0.05, 0) is 251 Å². The van der Waals surface area contributed by atoms with Crippen molar-refractivity contribution in [3.8, 4) is 0 Å². The number of allylic oxidation sites excluding steroid dienone is 8. The molecule has 12 N–H and O–H groups in total. The maximum absolute atomic E-state index is 12.6. The van der Waals surface area contributed by atoms with Crippen molar-refractivity contribution in [2.24, 2.45) is 142 Å². The van der Waals surface area contributed by atoms with Crippen molar-refractivity contribution in [1.82, 2.24) is 0 Å². The molecule has 0 bridgehead atoms. The average molecular weight is 2080 g/mol. The minimum absolute atomic E-state index is 0.00303. The first-order valence-electron chi connectivity index (χ1n) is 56.6. The van der Waals surface area contributed by atoms with Gasteiger partial charge >= 0.3 is 23.9 Å². The lowest BCUT2D eigenvalue weighted by molar-refractivity contribution is -0.152. The van der Waals surface area contributed by atoms with Crippen molar-refractivity contribution in [3.63, 3.8) is 0 Å². The number of carbonyl (C=O) groups is 4. The van der Waals surface area contributed by atoms with E-state index >= 15 is 0 Å². The summed E-state index contributed by atoms with van der Waals surface area (Å²) in [6.45, 7) is 56.2. The predicted molar refractivity (Wildman–Crippen MR) is 591 cm³/mol. The lowest BCUT2D eigenvalue weighted by Gasteiger charge is -2.31. The first kappa shape index (κ1) is 133. The molecule has 8 rings (SSSR count). The summed E-state index contributed by atoms with van der Waals surface area (Å²) in [4.78, 5) is 50.3. The van der Waals surface area contributed by atoms with E-state index in [1.165, 1.54) is 0 Å². The molecule has 148 heavy (non-hydrogen) atoms. The van der Waals surface area contributed by atoms with Crippen LogP contribution >= 0.6 is 0 Å². The monoisotopic (exact) mass is 2080 g/mol. The molecular formula is C124H208O24. The Kier molecular flexibility index (Phi) is 56.2. The number of hydrogen-bond acceptors (Lipinski definition) is 24. The minimum Gasteiger partial charge on any atom is -0.457 e. The highest BCUT2D eigenvalue weighted by Gasteiger charge is 2.53. The molecule has 4 heterocycles. The molecule has 4 saturated carbocycles. The van der Waals surface area contributed by atoms with Crippen LogP contribution in [0.2, 0.25) is 0 Å². The molecule has 848 valence electrons. The number of esters is 4. The van der Waals surface area contributed by atoms with Crippen LogP contribution in [-0.4, -0.2) is 234 Å². The molecule has 24 heteroatoms. The standard InChI is InChI=1S/4C31H52O6/c4*1-9-27(36-8)23(6)25-18-26(25)29(34)19(2)11-10-12-20(3)30-21(4)13-14-22(5)31(7,35)16-15-24(32)17-28(33)37-30/h4*10-14,19,21-27,29-30,32,34-35H,9,15-18H2,1-8H3/b4*11-10+,14-13+,20-12+/t19-,21+,22+,23+,24-,25-,26+,27+,29+,30-,31-;19-,21+,22+,23+,24-,25-,26+,27+,29-,30-,31-;19-,21-,22-,23-,24+,25+,26-,27-,29+,30+,31+;19-,21-,22-,23-,24+,25+,26-,27-,29-,30+,31+/m1100/s1. The number of cyclic esters (lactones) is 4. The molecule has 0 unspecified atom stereocenters. The van der Waals surface area contributed by atoms with Crippen molar-refractivity contribution in [3.05, 3.63) is 144 Å². The van der Waals surface area contributed by atoms with E-state index in [1.807, 2.05) is 232 Å². The van der Waals surface area contributed by atoms with Crippen LogP contribution in [0.25, 0.3) is 0 Å². The molecule has 0 aromatic carbocycles. The van der Waals surface area contributed by atoms with Crippen molar-refractivity contribution < 1.29 is 118 Å². The number of rotatable bonds is 36. The van der Waals surface area contributed by atoms with Crippen molar-refractivity contribution >= 4 is 23.9 Å². The Hall–Kier alpha value is -5.88. The Labute approximate surface area is 893 Å². The van der Waals surface area contributed by atoms with Gasteiger partial charge in [-0.3, -0.25) is 19.2 Å². The third kappa shape index (κ3) is 42.0. The van der Waals surface area contributed by atoms with Gasteiger partial charge in [0.1, 0.15) is 24.4 Å². The zero-order valence-corrected chi connectivity index (χ0v) is 97.0. The summed E-state index contributed by atoms with van der Waals surface area (Å²) in [5.41, 5.74) is -0.285. The van der Waals surface area contributed by atoms with E-state index < -0.39 is 120 Å². The molecule has 8 aliphatic rings. The number of carbonyl (C=O) groups excluding carboxylic acids is 4. The van der Waals surface area contributed by atoms with Crippen LogP contribution in [0.5, 0.6) is 0 Å². The van der Waals surface area contributed by atoms with Gasteiger partial charge in [0.2, 0.25) is 0 Å². The molecule has 0 amide bonds. The average Bonchev–Trinajstić information content (AvgIpc) is 1.65. The topological polar surface area (TPSA) is 385 Å². The van der Waals surface area contributed by atoms with Crippen molar-refractivity contribution in [1.29, 1.82) is 0 Å². The van der Waals surface area contributed by atoms with E-state index in [4.69, 9.17) is 37.9 Å². The number of methoxy groups -OCH3 is 4. The van der Waals surface area contributed by atoms with Crippen LogP contribution < -0.4 is 0 Å². The molecule has 0 spiro atoms. The summed E-state index contributed by atoms with van der Waals surface area (Å²) in [5.74, 6) is 2.32. The van der Waals surface area contributed by atoms with E-state index in [2.05, 4.69) is 55.4 Å². The Morgan fingerprint density at radius 3 is 0.642 bits per heavy atom. The number of aliphatic hydroxyl groups excluding tert-OH is 8. The summed E-state index contributed by atoms with van der Waals surface area (Å²) < 4.78 is 45.7. The second-order valence-corrected chi connectivity index (χ2v) is 47.8. The second-order valence-electron chi connectivity index (χ2n) is 47.8. The zero-order chi connectivity index (χ0) is 112. The van der Waals surface area contributed by atoms with Crippen LogP contribution in [-0.2, 0) is 57.1 Å². The normalized spacial score (nSPS) is 38.1. The Bertz CT molecular complexity index is 3780. The maximum atomic E-state index is 12.6. The minimum atomic E-state index is -0.959. The first-order valence-corrected chi connectivity index (χ1v) is 56.6. The summed E-state index contributed by atoms with van der Waals surface area (Å²) in [6, 6.07) is 0. The highest BCUT2D eigenvalue weighted by molar-refractivity contribution is 5.72. The van der Waals surface area contributed by atoms with Crippen LogP contribution in [0.3, 0.4) is 0 Å². The molecule has 4 fully saturated rings. The summed E-state index contributed by atoms with van der Waals surface area (Å²) >= 11 is 0. The van der Waals surface area contributed by atoms with Gasteiger partial charge in [0.15, 0.2) is 0 Å². The molecule has 0 aromatic heterocycles. The molecular weight excluding hydrogens is 1870 g/mol. The van der Waals surface area contributed by atoms with E-state index in [9.17, 15) is 80.5 Å². The van der Waals surface area contributed by atoms with Gasteiger partial charge in [-0.1, -0.05) is 260 Å². The second kappa shape index (κ2) is 62.8. The van der Waals surface area contributed by atoms with Gasteiger partial charge in [0.25, 0.3) is 0 Å². The van der Waals surface area contributed by atoms with Gasteiger partial charge in [-0.25, -0.2) is 0 Å². The number of ether oxygens (including phenoxy) is 8. The van der Waals surface area contributed by atoms with Gasteiger partial charge in [0.05, 0.1) is 121 Å². The Morgan fingerprint density at radius 1 is 0.318 bits per heavy atom. The highest BCUT2D eigenvalue weighted by atomic mass is 16.6. The zero-order valence-electron chi connectivity index (χ0n) is 97.0. The molecule has 4 aliphatic carbocycles. The maximum Gasteiger partial charge on any atom is 0.309 e. The Balaban J connectivity index is 0.000000347. The molecule has 24 nitrogen and oxygen atoms in total. The largest absolute Gasteiger partial charge is 0.457 e. The summed E-state index contributed by atoms with van der Waals surface area (Å²) in [6.07, 6.45) is 44.2. The van der Waals surface area contributed by atoms with Crippen molar-refractivity contribution in [2.75, 3.05) is 28.4 Å². The molecule has 0 saturated heterocycles. The van der Waals surface area contributed by atoms with Gasteiger partial charge in [0, 0.05) is 99.5 Å². The quantitative estimate of drug-likeness (QED) is 0.0120. The van der Waals surface area contributed by atoms with E-state index in [1.54, 1.807) is 56.1 Å². The van der Waals surface area contributed by atoms with Gasteiger partial charge in [-0.15, -0.1) is 0 Å². The number of aliphatic hydroxyl groups is 12. The third-order valence-electron chi connectivity index (χ3n) is 35.5. The fourth-order valence-corrected chi connectivity index (χ4v) is 22.7. The fraction of sp³-hybridized carbons (Fsp3) is 0.774. The SMILES string of the molecule is CC[C@H](OC)[C@@H](C)[C@H]1C[C@@H]1[C@@H](O)[C@@H](C)/C=C/C=C(\C)[C@H]1OC(=O)C[C@H](O)CC[C@@](C)(O)[C@@H](C)/C=C/[C@@H]1C.CC[C@H](OC)[C@@H](C)[C@H]1C[C@@H]1[C@@H](O)[C@H](C)/C=C/C=C(\C)[C@H]1OC(=O)C[C@H](O)CC[C@@](C)(O)[C@@H](C)/C=C/[C@@H]1C.CC[C@H](OC)[C@@H](C)[C@H]1C[C@@H]1[C@H](O)[C@@H](C)/C=C/C=C(\C)[C@H]1OC(=O)C[C@H](O)CC[C@@](C)(O)[C@@H](C)/C=C/[C@@H]1C.CC[C@H](OC)[C@@H](C)[C@H]1C[C@@H]1[C@H](O)[C@H](C)/C=C/C=C(\C)[C@H]1OC(=O)C[C@H](O)CC[C@@](C)(O)[C@@H](C)/C=C/[C@@H]1C. The van der Waals surface area contributed by atoms with Gasteiger partial charge in [-0.2, -0.15) is 0 Å². The van der Waals surface area contributed by atoms with E-state index in [0.717, 1.165) is 73.7 Å². The van der Waals surface area contributed by atoms with E-state index in [0.29, 0.717) is 122 Å². The van der Waals surface area contributed by atoms with Crippen LogP contribution in [0, 0.1) is 142 Å². The lowest BCUT2D eigenvalue weighted by Crippen LogP contribution is -2.34. The van der Waals surface area contributed by atoms with E-state index in [-0.39, 0.29) is 121 Å². The Morgan fingerprint density at radius 2 is 0.486 bits per heavy atom. The van der Waals surface area contributed by atoms with Gasteiger partial charge < -0.3 is 99.2 Å². The molecule has 44 atom stereocenters. The highest BCUT2D eigenvalue weighted by Crippen LogP contribution is 2.54. The van der Waals surface area contributed by atoms with Crippen LogP contribution in [0.1, 0.15) is 322 Å². The summed E-state index contributed by atoms with van der Waals surface area (Å²) in [7, 11) is 7.06. The summed E-state index contributed by atoms with van der Waals surface area (Å²) in [5, 5.41) is 128. The van der Waals surface area contributed by atoms with Crippen molar-refractivity contribution in [2.45, 2.75) is 442 Å².